The number of hydrogen-bond donors (Lipinski definition) is 1. The van der Waals surface area contributed by atoms with Gasteiger partial charge in [-0.15, -0.1) is 0 Å². The molecular formula is C16H25N. The van der Waals surface area contributed by atoms with E-state index in [2.05, 4.69) is 39.0 Å². The molecule has 0 aliphatic heterocycles. The SMILES string of the molecule is Cc1ccc(CC(N)C2CCC(C)C2)cc1C. The molecule has 17 heavy (non-hydrogen) atoms. The van der Waals surface area contributed by atoms with E-state index in [-0.39, 0.29) is 0 Å². The van der Waals surface area contributed by atoms with Crippen molar-refractivity contribution in [3.8, 4) is 0 Å². The van der Waals surface area contributed by atoms with Crippen LogP contribution < -0.4 is 5.73 Å². The van der Waals surface area contributed by atoms with Crippen molar-refractivity contribution in [2.75, 3.05) is 0 Å². The molecule has 0 radical (unpaired) electrons. The third-order valence-electron chi connectivity index (χ3n) is 4.38. The third-order valence-corrected chi connectivity index (χ3v) is 4.38. The van der Waals surface area contributed by atoms with Gasteiger partial charge in [-0.2, -0.15) is 0 Å². The van der Waals surface area contributed by atoms with E-state index in [1.54, 1.807) is 0 Å². The fourth-order valence-corrected chi connectivity index (χ4v) is 3.01. The zero-order chi connectivity index (χ0) is 12.4. The van der Waals surface area contributed by atoms with Gasteiger partial charge in [-0.25, -0.2) is 0 Å². The van der Waals surface area contributed by atoms with Gasteiger partial charge in [0.05, 0.1) is 0 Å². The first-order valence-corrected chi connectivity index (χ1v) is 6.88. The molecule has 1 heteroatoms. The monoisotopic (exact) mass is 231 g/mol. The van der Waals surface area contributed by atoms with Gasteiger partial charge in [0.1, 0.15) is 0 Å². The summed E-state index contributed by atoms with van der Waals surface area (Å²) in [7, 11) is 0. The standard InChI is InChI=1S/C16H25N/c1-11-4-7-15(8-11)16(17)10-14-6-5-12(2)13(3)9-14/h5-6,9,11,15-16H,4,7-8,10,17H2,1-3H3. The highest BCUT2D eigenvalue weighted by atomic mass is 14.7. The molecule has 2 N–H and O–H groups in total. The Morgan fingerprint density at radius 3 is 2.59 bits per heavy atom. The van der Waals surface area contributed by atoms with E-state index in [0.29, 0.717) is 6.04 Å². The van der Waals surface area contributed by atoms with Crippen LogP contribution in [0.2, 0.25) is 0 Å². The maximum atomic E-state index is 6.36. The Hall–Kier alpha value is -0.820. The average Bonchev–Trinajstić information content (AvgIpc) is 2.70. The second-order valence-electron chi connectivity index (χ2n) is 5.96. The van der Waals surface area contributed by atoms with Gasteiger partial charge in [-0.05, 0) is 61.6 Å². The van der Waals surface area contributed by atoms with E-state index >= 15 is 0 Å². The van der Waals surface area contributed by atoms with Gasteiger partial charge < -0.3 is 5.73 Å². The summed E-state index contributed by atoms with van der Waals surface area (Å²) in [6.07, 6.45) is 5.06. The zero-order valence-corrected chi connectivity index (χ0v) is 11.4. The summed E-state index contributed by atoms with van der Waals surface area (Å²) >= 11 is 0. The van der Waals surface area contributed by atoms with Crippen molar-refractivity contribution in [1.82, 2.24) is 0 Å². The molecule has 0 heterocycles. The molecule has 1 nitrogen and oxygen atoms in total. The molecule has 2 rings (SSSR count). The molecule has 3 unspecified atom stereocenters. The summed E-state index contributed by atoms with van der Waals surface area (Å²) in [5.41, 5.74) is 10.5. The highest BCUT2D eigenvalue weighted by Crippen LogP contribution is 2.32. The van der Waals surface area contributed by atoms with Gasteiger partial charge >= 0.3 is 0 Å². The molecule has 1 fully saturated rings. The Labute approximate surface area is 105 Å². The van der Waals surface area contributed by atoms with Crippen molar-refractivity contribution in [1.29, 1.82) is 0 Å². The van der Waals surface area contributed by atoms with Crippen molar-refractivity contribution >= 4 is 0 Å². The Bertz CT molecular complexity index is 383. The Morgan fingerprint density at radius 1 is 1.24 bits per heavy atom. The van der Waals surface area contributed by atoms with Crippen molar-refractivity contribution in [3.63, 3.8) is 0 Å². The molecule has 0 spiro atoms. The van der Waals surface area contributed by atoms with E-state index < -0.39 is 0 Å². The second-order valence-corrected chi connectivity index (χ2v) is 5.96. The molecule has 3 atom stereocenters. The predicted octanol–water partition coefficient (Wildman–Crippen LogP) is 3.61. The quantitative estimate of drug-likeness (QED) is 0.845. The molecule has 0 aromatic heterocycles. The van der Waals surface area contributed by atoms with Crippen LogP contribution in [0.3, 0.4) is 0 Å². The van der Waals surface area contributed by atoms with E-state index in [4.69, 9.17) is 5.73 Å². The smallest absolute Gasteiger partial charge is 0.0108 e. The van der Waals surface area contributed by atoms with Crippen molar-refractivity contribution in [2.45, 2.75) is 52.5 Å². The minimum Gasteiger partial charge on any atom is -0.327 e. The van der Waals surface area contributed by atoms with Crippen LogP contribution in [-0.2, 0) is 6.42 Å². The highest BCUT2D eigenvalue weighted by molar-refractivity contribution is 5.30. The molecule has 0 bridgehead atoms. The fourth-order valence-electron chi connectivity index (χ4n) is 3.01. The lowest BCUT2D eigenvalue weighted by molar-refractivity contribution is 0.415. The minimum atomic E-state index is 0.349. The summed E-state index contributed by atoms with van der Waals surface area (Å²) in [4.78, 5) is 0. The summed E-state index contributed by atoms with van der Waals surface area (Å²) in [5, 5.41) is 0. The van der Waals surface area contributed by atoms with E-state index in [1.165, 1.54) is 36.0 Å². The molecule has 1 aliphatic rings. The van der Waals surface area contributed by atoms with Crippen LogP contribution in [0.4, 0.5) is 0 Å². The highest BCUT2D eigenvalue weighted by Gasteiger charge is 2.26. The maximum Gasteiger partial charge on any atom is 0.0108 e. The normalized spacial score (nSPS) is 26.1. The van der Waals surface area contributed by atoms with Crippen molar-refractivity contribution in [2.24, 2.45) is 17.6 Å². The lowest BCUT2D eigenvalue weighted by Crippen LogP contribution is -2.30. The van der Waals surface area contributed by atoms with E-state index in [9.17, 15) is 0 Å². The number of hydrogen-bond acceptors (Lipinski definition) is 1. The Kier molecular flexibility index (Phi) is 3.88. The van der Waals surface area contributed by atoms with Crippen molar-refractivity contribution < 1.29 is 0 Å². The van der Waals surface area contributed by atoms with Crippen molar-refractivity contribution in [3.05, 3.63) is 34.9 Å². The molecule has 0 saturated heterocycles. The van der Waals surface area contributed by atoms with Crippen LogP contribution in [0.1, 0.15) is 42.9 Å². The van der Waals surface area contributed by atoms with Gasteiger partial charge in [-0.3, -0.25) is 0 Å². The lowest BCUT2D eigenvalue weighted by atomic mass is 9.91. The number of aryl methyl sites for hydroxylation is 2. The number of benzene rings is 1. The van der Waals surface area contributed by atoms with Crippen LogP contribution in [-0.4, -0.2) is 6.04 Å². The summed E-state index contributed by atoms with van der Waals surface area (Å²) in [6, 6.07) is 7.10. The maximum absolute atomic E-state index is 6.36. The van der Waals surface area contributed by atoms with Crippen LogP contribution in [0.15, 0.2) is 18.2 Å². The zero-order valence-electron chi connectivity index (χ0n) is 11.4. The minimum absolute atomic E-state index is 0.349. The second kappa shape index (κ2) is 5.22. The van der Waals surface area contributed by atoms with Gasteiger partial charge in [-0.1, -0.05) is 31.5 Å². The predicted molar refractivity (Wildman–Crippen MR) is 74.1 cm³/mol. The van der Waals surface area contributed by atoms with Gasteiger partial charge in [0.2, 0.25) is 0 Å². The van der Waals surface area contributed by atoms with Gasteiger partial charge in [0, 0.05) is 6.04 Å². The van der Waals surface area contributed by atoms with Gasteiger partial charge in [0.15, 0.2) is 0 Å². The first-order chi connectivity index (χ1) is 8.06. The molecular weight excluding hydrogens is 206 g/mol. The molecule has 1 saturated carbocycles. The molecule has 1 aromatic carbocycles. The fraction of sp³-hybridized carbons (Fsp3) is 0.625. The van der Waals surface area contributed by atoms with E-state index in [1.807, 2.05) is 0 Å². The third kappa shape index (κ3) is 3.10. The first kappa shape index (κ1) is 12.6. The number of nitrogens with two attached hydrogens (primary N) is 1. The summed E-state index contributed by atoms with van der Waals surface area (Å²) < 4.78 is 0. The van der Waals surface area contributed by atoms with E-state index in [0.717, 1.165) is 18.3 Å². The number of rotatable bonds is 3. The Morgan fingerprint density at radius 2 is 2.00 bits per heavy atom. The topological polar surface area (TPSA) is 26.0 Å². The summed E-state index contributed by atoms with van der Waals surface area (Å²) in [5.74, 6) is 1.62. The van der Waals surface area contributed by atoms with Gasteiger partial charge in [0.25, 0.3) is 0 Å². The summed E-state index contributed by atoms with van der Waals surface area (Å²) in [6.45, 7) is 6.70. The van der Waals surface area contributed by atoms with Crippen LogP contribution in [0.25, 0.3) is 0 Å². The first-order valence-electron chi connectivity index (χ1n) is 6.88. The largest absolute Gasteiger partial charge is 0.327 e. The molecule has 1 aromatic rings. The molecule has 94 valence electrons. The van der Waals surface area contributed by atoms with Crippen LogP contribution >= 0.6 is 0 Å². The molecule has 0 amide bonds. The van der Waals surface area contributed by atoms with Crippen LogP contribution in [0.5, 0.6) is 0 Å². The average molecular weight is 231 g/mol. The Balaban J connectivity index is 1.98. The molecule has 1 aliphatic carbocycles. The van der Waals surface area contributed by atoms with Crippen LogP contribution in [0, 0.1) is 25.7 Å². The lowest BCUT2D eigenvalue weighted by Gasteiger charge is -2.19.